The molecule has 1 heterocycles. The Morgan fingerprint density at radius 3 is 2.78 bits per heavy atom. The van der Waals surface area contributed by atoms with Crippen LogP contribution in [-0.2, 0) is 0 Å². The van der Waals surface area contributed by atoms with E-state index in [1.54, 1.807) is 0 Å². The van der Waals surface area contributed by atoms with Crippen molar-refractivity contribution in [3.8, 4) is 0 Å². The summed E-state index contributed by atoms with van der Waals surface area (Å²) in [6, 6.07) is 2.29. The van der Waals surface area contributed by atoms with E-state index in [0.29, 0.717) is 5.92 Å². The third kappa shape index (κ3) is 3.32. The summed E-state index contributed by atoms with van der Waals surface area (Å²) in [7, 11) is 0. The first-order valence-electron chi connectivity index (χ1n) is 8.16. The van der Waals surface area contributed by atoms with Crippen molar-refractivity contribution < 1.29 is 18.7 Å². The number of benzene rings is 1. The molecule has 3 unspecified atom stereocenters. The van der Waals surface area contributed by atoms with Crippen molar-refractivity contribution in [2.45, 2.75) is 50.8 Å². The molecule has 3 rings (SSSR count). The summed E-state index contributed by atoms with van der Waals surface area (Å²) >= 11 is 0. The topological polar surface area (TPSA) is 52.6 Å². The first kappa shape index (κ1) is 16.2. The number of halogens is 2. The number of hydrogen-bond acceptors (Lipinski definition) is 2. The van der Waals surface area contributed by atoms with Gasteiger partial charge in [-0.05, 0) is 50.3 Å². The molecule has 1 saturated heterocycles. The van der Waals surface area contributed by atoms with Gasteiger partial charge in [-0.25, -0.2) is 13.6 Å². The zero-order chi connectivity index (χ0) is 16.6. The molecule has 3 atom stereocenters. The van der Waals surface area contributed by atoms with Crippen LogP contribution in [0.15, 0.2) is 18.2 Å². The monoisotopic (exact) mass is 324 g/mol. The summed E-state index contributed by atoms with van der Waals surface area (Å²) < 4.78 is 27.5. The molecule has 2 fully saturated rings. The molecule has 1 saturated carbocycles. The lowest BCUT2D eigenvalue weighted by molar-refractivity contribution is 0.160. The summed E-state index contributed by atoms with van der Waals surface area (Å²) in [4.78, 5) is 13.9. The van der Waals surface area contributed by atoms with Gasteiger partial charge in [0.05, 0.1) is 12.1 Å². The molecule has 0 spiro atoms. The summed E-state index contributed by atoms with van der Waals surface area (Å²) in [5.41, 5.74) is 0.119. The van der Waals surface area contributed by atoms with Gasteiger partial charge in [-0.15, -0.1) is 0 Å². The number of carbonyl (C=O) groups is 1. The molecule has 4 nitrogen and oxygen atoms in total. The number of likely N-dealkylation sites (tertiary alicyclic amines) is 1. The van der Waals surface area contributed by atoms with E-state index in [1.165, 1.54) is 11.3 Å². The van der Waals surface area contributed by atoms with E-state index in [2.05, 4.69) is 5.32 Å². The second-order valence-corrected chi connectivity index (χ2v) is 6.65. The smallest absolute Gasteiger partial charge is 0.318 e. The number of nitrogens with one attached hydrogen (secondary N) is 1. The van der Waals surface area contributed by atoms with Crippen LogP contribution in [0.4, 0.5) is 13.6 Å². The van der Waals surface area contributed by atoms with Crippen LogP contribution in [0.1, 0.15) is 44.2 Å². The second kappa shape index (κ2) is 6.43. The maximum absolute atomic E-state index is 14.0. The summed E-state index contributed by atoms with van der Waals surface area (Å²) in [6.07, 6.45) is 2.88. The molecule has 23 heavy (non-hydrogen) atoms. The SMILES string of the molecule is CC(NC(=O)N1CC(O)CC1c1cc(F)ccc1F)C1CCC1. The molecule has 2 aliphatic rings. The van der Waals surface area contributed by atoms with Crippen molar-refractivity contribution in [1.29, 1.82) is 0 Å². The Balaban J connectivity index is 1.76. The minimum Gasteiger partial charge on any atom is -0.391 e. The van der Waals surface area contributed by atoms with Gasteiger partial charge in [0.1, 0.15) is 11.6 Å². The fourth-order valence-electron chi connectivity index (χ4n) is 3.44. The highest BCUT2D eigenvalue weighted by Gasteiger charge is 2.38. The van der Waals surface area contributed by atoms with Crippen molar-refractivity contribution in [2.75, 3.05) is 6.54 Å². The fraction of sp³-hybridized carbons (Fsp3) is 0.588. The van der Waals surface area contributed by atoms with Crippen LogP contribution in [0.3, 0.4) is 0 Å². The molecule has 0 radical (unpaired) electrons. The number of urea groups is 1. The lowest BCUT2D eigenvalue weighted by Crippen LogP contribution is -2.47. The Kier molecular flexibility index (Phi) is 4.53. The molecule has 6 heteroatoms. The number of rotatable bonds is 3. The van der Waals surface area contributed by atoms with Crippen molar-refractivity contribution in [1.82, 2.24) is 10.2 Å². The van der Waals surface area contributed by atoms with Gasteiger partial charge in [0.25, 0.3) is 0 Å². The Labute approximate surface area is 134 Å². The maximum Gasteiger partial charge on any atom is 0.318 e. The number of β-amino-alcohol motifs (C(OH)–C–C–N with tert-alkyl or cyclic N) is 1. The highest BCUT2D eigenvalue weighted by Crippen LogP contribution is 2.35. The zero-order valence-electron chi connectivity index (χ0n) is 13.1. The number of carbonyl (C=O) groups excluding carboxylic acids is 1. The quantitative estimate of drug-likeness (QED) is 0.898. The summed E-state index contributed by atoms with van der Waals surface area (Å²) in [5, 5.41) is 12.8. The molecule has 0 aromatic heterocycles. The van der Waals surface area contributed by atoms with Crippen LogP contribution < -0.4 is 5.32 Å². The van der Waals surface area contributed by atoms with E-state index >= 15 is 0 Å². The largest absolute Gasteiger partial charge is 0.391 e. The first-order chi connectivity index (χ1) is 11.0. The van der Waals surface area contributed by atoms with E-state index in [9.17, 15) is 18.7 Å². The van der Waals surface area contributed by atoms with Crippen molar-refractivity contribution in [2.24, 2.45) is 5.92 Å². The predicted molar refractivity (Wildman–Crippen MR) is 81.8 cm³/mol. The van der Waals surface area contributed by atoms with Gasteiger partial charge in [0, 0.05) is 18.2 Å². The zero-order valence-corrected chi connectivity index (χ0v) is 13.1. The van der Waals surface area contributed by atoms with Gasteiger partial charge in [-0.2, -0.15) is 0 Å². The van der Waals surface area contributed by atoms with E-state index < -0.39 is 23.8 Å². The van der Waals surface area contributed by atoms with E-state index in [-0.39, 0.29) is 30.6 Å². The van der Waals surface area contributed by atoms with Crippen LogP contribution in [-0.4, -0.2) is 34.7 Å². The molecule has 1 aromatic carbocycles. The Hall–Kier alpha value is -1.69. The minimum absolute atomic E-state index is 0.0481. The molecular weight excluding hydrogens is 302 g/mol. The summed E-state index contributed by atoms with van der Waals surface area (Å²) in [6.45, 7) is 2.09. The first-order valence-corrected chi connectivity index (χ1v) is 8.16. The van der Waals surface area contributed by atoms with Crippen LogP contribution in [0.25, 0.3) is 0 Å². The molecule has 1 aliphatic carbocycles. The van der Waals surface area contributed by atoms with Crippen LogP contribution in [0, 0.1) is 17.6 Å². The maximum atomic E-state index is 14.0. The van der Waals surface area contributed by atoms with E-state index in [0.717, 1.165) is 31.0 Å². The van der Waals surface area contributed by atoms with Crippen LogP contribution in [0.2, 0.25) is 0 Å². The normalized spacial score (nSPS) is 26.0. The number of aliphatic hydroxyl groups excluding tert-OH is 1. The Morgan fingerprint density at radius 2 is 2.13 bits per heavy atom. The summed E-state index contributed by atoms with van der Waals surface area (Å²) in [5.74, 6) is -0.628. The number of aliphatic hydroxyl groups is 1. The van der Waals surface area contributed by atoms with Gasteiger partial charge in [-0.3, -0.25) is 0 Å². The van der Waals surface area contributed by atoms with Crippen LogP contribution >= 0.6 is 0 Å². The van der Waals surface area contributed by atoms with Crippen molar-refractivity contribution in [3.63, 3.8) is 0 Å². The lowest BCUT2D eigenvalue weighted by atomic mass is 9.80. The minimum atomic E-state index is -0.729. The average Bonchev–Trinajstić information content (AvgIpc) is 2.81. The molecule has 2 amide bonds. The molecular formula is C17H22F2N2O2. The Morgan fingerprint density at radius 1 is 1.39 bits per heavy atom. The number of nitrogens with zero attached hydrogens (tertiary/aromatic N) is 1. The van der Waals surface area contributed by atoms with E-state index in [4.69, 9.17) is 0 Å². The number of amides is 2. The second-order valence-electron chi connectivity index (χ2n) is 6.65. The van der Waals surface area contributed by atoms with Crippen LogP contribution in [0.5, 0.6) is 0 Å². The average molecular weight is 324 g/mol. The highest BCUT2D eigenvalue weighted by molar-refractivity contribution is 5.75. The predicted octanol–water partition coefficient (Wildman–Crippen LogP) is 2.97. The van der Waals surface area contributed by atoms with Gasteiger partial charge in [0.2, 0.25) is 0 Å². The van der Waals surface area contributed by atoms with Gasteiger partial charge in [-0.1, -0.05) is 6.42 Å². The highest BCUT2D eigenvalue weighted by atomic mass is 19.1. The fourth-order valence-corrected chi connectivity index (χ4v) is 3.44. The van der Waals surface area contributed by atoms with Gasteiger partial charge < -0.3 is 15.3 Å². The molecule has 0 bridgehead atoms. The molecule has 1 aliphatic heterocycles. The standard InChI is InChI=1S/C17H22F2N2O2/c1-10(11-3-2-4-11)20-17(23)21-9-13(22)8-16(21)14-7-12(18)5-6-15(14)19/h5-7,10-11,13,16,22H,2-4,8-9H2,1H3,(H,20,23). The van der Waals surface area contributed by atoms with Gasteiger partial charge >= 0.3 is 6.03 Å². The van der Waals surface area contributed by atoms with Gasteiger partial charge in [0.15, 0.2) is 0 Å². The molecule has 2 N–H and O–H groups in total. The van der Waals surface area contributed by atoms with E-state index in [1.807, 2.05) is 6.92 Å². The Bertz CT molecular complexity index is 592. The van der Waals surface area contributed by atoms with Crippen molar-refractivity contribution in [3.05, 3.63) is 35.4 Å². The lowest BCUT2D eigenvalue weighted by Gasteiger charge is -2.34. The molecule has 1 aromatic rings. The third-order valence-electron chi connectivity index (χ3n) is 5.06. The van der Waals surface area contributed by atoms with Crippen molar-refractivity contribution >= 4 is 6.03 Å². The number of hydrogen-bond donors (Lipinski definition) is 2. The third-order valence-corrected chi connectivity index (χ3v) is 5.06. The molecule has 126 valence electrons.